The summed E-state index contributed by atoms with van der Waals surface area (Å²) in [5, 5.41) is 13.4. The molecule has 4 aromatic rings. The standard InChI is InChI=1S/C30H42N8O3Si/c1-19(2)38-26-10-8-21(13-22(26)14-34-38)25-9-7-20(3)17-36(25)30(40)29(39)35-24-16-32-28(31)23-15-33-37(27(23)24)18-41-11-12-42(4,5)6/h8,10,13-16,19-20,25H,7,9,11-12,17-18H2,1-6H3,(H2,31,32)(H,35,39). The predicted octanol–water partition coefficient (Wildman–Crippen LogP) is 5.19. The highest BCUT2D eigenvalue weighted by atomic mass is 28.3. The van der Waals surface area contributed by atoms with Gasteiger partial charge in [0.1, 0.15) is 12.5 Å². The van der Waals surface area contributed by atoms with Crippen LogP contribution >= 0.6 is 0 Å². The van der Waals surface area contributed by atoms with Crippen LogP contribution in [0, 0.1) is 5.92 Å². The van der Waals surface area contributed by atoms with Crippen LogP contribution in [0.15, 0.2) is 36.8 Å². The number of nitrogens with two attached hydrogens (primary N) is 1. The third kappa shape index (κ3) is 6.19. The zero-order valence-electron chi connectivity index (χ0n) is 25.4. The van der Waals surface area contributed by atoms with E-state index in [9.17, 15) is 9.59 Å². The largest absolute Gasteiger partial charge is 0.383 e. The average Bonchev–Trinajstić information content (AvgIpc) is 3.56. The minimum atomic E-state index is -1.24. The fourth-order valence-electron chi connectivity index (χ4n) is 5.56. The summed E-state index contributed by atoms with van der Waals surface area (Å²) in [7, 11) is -1.24. The monoisotopic (exact) mass is 590 g/mol. The normalized spacial score (nSPS) is 17.8. The summed E-state index contributed by atoms with van der Waals surface area (Å²) in [5.41, 5.74) is 9.12. The van der Waals surface area contributed by atoms with Crippen LogP contribution in [0.1, 0.15) is 51.3 Å². The Morgan fingerprint density at radius 1 is 1.14 bits per heavy atom. The van der Waals surface area contributed by atoms with Crippen molar-refractivity contribution in [3.8, 4) is 0 Å². The van der Waals surface area contributed by atoms with Gasteiger partial charge in [0.25, 0.3) is 0 Å². The van der Waals surface area contributed by atoms with E-state index < -0.39 is 19.9 Å². The number of anilines is 2. The molecule has 11 nitrogen and oxygen atoms in total. The van der Waals surface area contributed by atoms with Gasteiger partial charge < -0.3 is 20.7 Å². The summed E-state index contributed by atoms with van der Waals surface area (Å²) in [5.74, 6) is -0.719. The van der Waals surface area contributed by atoms with Crippen LogP contribution in [-0.2, 0) is 21.1 Å². The SMILES string of the molecule is CC1CCC(c2ccc3c(cnn3C(C)C)c2)N(C(=O)C(=O)Nc2cnc(N)c3cnn(COCC[Si](C)(C)C)c23)C1. The number of nitrogens with one attached hydrogen (secondary N) is 1. The molecule has 1 aromatic carbocycles. The van der Waals surface area contributed by atoms with Crippen molar-refractivity contribution in [2.24, 2.45) is 5.92 Å². The molecule has 42 heavy (non-hydrogen) atoms. The third-order valence-corrected chi connectivity index (χ3v) is 9.63. The van der Waals surface area contributed by atoms with Crippen LogP contribution in [0.25, 0.3) is 21.8 Å². The van der Waals surface area contributed by atoms with Crippen molar-refractivity contribution >= 4 is 53.2 Å². The number of rotatable bonds is 8. The molecule has 1 aliphatic heterocycles. The Kier molecular flexibility index (Phi) is 8.38. The van der Waals surface area contributed by atoms with Gasteiger partial charge in [0.15, 0.2) is 0 Å². The second-order valence-corrected chi connectivity index (χ2v) is 18.5. The molecule has 3 N–H and O–H groups in total. The number of aromatic nitrogens is 5. The van der Waals surface area contributed by atoms with E-state index in [1.807, 2.05) is 10.9 Å². The second-order valence-electron chi connectivity index (χ2n) is 12.9. The van der Waals surface area contributed by atoms with Crippen molar-refractivity contribution in [3.63, 3.8) is 0 Å². The molecule has 2 unspecified atom stereocenters. The Morgan fingerprint density at radius 3 is 2.67 bits per heavy atom. The number of hydrogen-bond acceptors (Lipinski definition) is 7. The summed E-state index contributed by atoms with van der Waals surface area (Å²) in [6, 6.07) is 7.26. The van der Waals surface area contributed by atoms with Gasteiger partial charge in [-0.3, -0.25) is 14.3 Å². The van der Waals surface area contributed by atoms with Crippen LogP contribution in [0.5, 0.6) is 0 Å². The van der Waals surface area contributed by atoms with Crippen LogP contribution in [0.3, 0.4) is 0 Å². The molecule has 0 aliphatic carbocycles. The van der Waals surface area contributed by atoms with E-state index in [0.717, 1.165) is 35.4 Å². The van der Waals surface area contributed by atoms with Crippen molar-refractivity contribution in [3.05, 3.63) is 42.4 Å². The molecule has 0 bridgehead atoms. The van der Waals surface area contributed by atoms with Gasteiger partial charge >= 0.3 is 11.8 Å². The maximum atomic E-state index is 13.7. The number of pyridine rings is 1. The highest BCUT2D eigenvalue weighted by Gasteiger charge is 2.35. The lowest BCUT2D eigenvalue weighted by Gasteiger charge is -2.38. The van der Waals surface area contributed by atoms with Gasteiger partial charge in [0.05, 0.1) is 46.7 Å². The summed E-state index contributed by atoms with van der Waals surface area (Å²) >= 11 is 0. The van der Waals surface area contributed by atoms with Gasteiger partial charge in [0, 0.05) is 32.7 Å². The fraction of sp³-hybridized carbons (Fsp3) is 0.500. The molecule has 224 valence electrons. The molecule has 2 amide bonds. The van der Waals surface area contributed by atoms with Crippen LogP contribution in [0.2, 0.25) is 25.7 Å². The number of nitrogen functional groups attached to an aromatic ring is 1. The van der Waals surface area contributed by atoms with E-state index in [4.69, 9.17) is 10.5 Å². The Balaban J connectivity index is 1.37. The lowest BCUT2D eigenvalue weighted by atomic mass is 9.89. The molecular formula is C30H42N8O3Si. The van der Waals surface area contributed by atoms with E-state index in [0.29, 0.717) is 35.6 Å². The first-order valence-corrected chi connectivity index (χ1v) is 18.4. The Hall–Kier alpha value is -3.77. The zero-order valence-corrected chi connectivity index (χ0v) is 26.4. The molecule has 5 rings (SSSR count). The molecule has 3 aromatic heterocycles. The molecule has 1 fully saturated rings. The van der Waals surface area contributed by atoms with E-state index >= 15 is 0 Å². The molecule has 4 heterocycles. The number of likely N-dealkylation sites (tertiary alicyclic amines) is 1. The van der Waals surface area contributed by atoms with E-state index in [-0.39, 0.29) is 24.7 Å². The zero-order chi connectivity index (χ0) is 30.2. The minimum absolute atomic E-state index is 0.204. The molecule has 12 heteroatoms. The number of piperidine rings is 1. The van der Waals surface area contributed by atoms with Crippen LogP contribution in [-0.4, -0.2) is 62.5 Å². The lowest BCUT2D eigenvalue weighted by Crippen LogP contribution is -2.46. The number of hydrogen-bond donors (Lipinski definition) is 2. The van der Waals surface area contributed by atoms with Gasteiger partial charge in [-0.25, -0.2) is 9.67 Å². The van der Waals surface area contributed by atoms with Crippen LogP contribution < -0.4 is 11.1 Å². The first-order valence-electron chi connectivity index (χ1n) is 14.7. The summed E-state index contributed by atoms with van der Waals surface area (Å²) in [6.45, 7) is 14.5. The molecule has 0 spiro atoms. The molecule has 2 atom stereocenters. The second kappa shape index (κ2) is 11.8. The van der Waals surface area contributed by atoms with Gasteiger partial charge in [-0.05, 0) is 56.3 Å². The van der Waals surface area contributed by atoms with E-state index in [1.165, 1.54) is 6.20 Å². The van der Waals surface area contributed by atoms with E-state index in [1.54, 1.807) is 15.8 Å². The van der Waals surface area contributed by atoms with Gasteiger partial charge in [-0.1, -0.05) is 32.6 Å². The Bertz CT molecular complexity index is 1610. The maximum absolute atomic E-state index is 13.7. The quantitative estimate of drug-likeness (QED) is 0.164. The number of carbonyl (C=O) groups is 2. The van der Waals surface area contributed by atoms with Crippen molar-refractivity contribution in [2.75, 3.05) is 24.2 Å². The van der Waals surface area contributed by atoms with Crippen molar-refractivity contribution in [1.82, 2.24) is 29.4 Å². The summed E-state index contributed by atoms with van der Waals surface area (Å²) in [4.78, 5) is 33.2. The maximum Gasteiger partial charge on any atom is 0.314 e. The summed E-state index contributed by atoms with van der Waals surface area (Å²) < 4.78 is 9.54. The number of benzene rings is 1. The Labute approximate surface area is 247 Å². The minimum Gasteiger partial charge on any atom is -0.383 e. The van der Waals surface area contributed by atoms with Crippen molar-refractivity contribution < 1.29 is 14.3 Å². The first kappa shape index (κ1) is 29.7. The number of fused-ring (bicyclic) bond motifs is 2. The average molecular weight is 591 g/mol. The van der Waals surface area contributed by atoms with E-state index in [2.05, 4.69) is 79.1 Å². The smallest absolute Gasteiger partial charge is 0.314 e. The van der Waals surface area contributed by atoms with Crippen molar-refractivity contribution in [1.29, 1.82) is 0 Å². The predicted molar refractivity (Wildman–Crippen MR) is 168 cm³/mol. The topological polar surface area (TPSA) is 133 Å². The molecule has 1 saturated heterocycles. The number of ether oxygens (including phenoxy) is 1. The van der Waals surface area contributed by atoms with Gasteiger partial charge in [-0.15, -0.1) is 0 Å². The van der Waals surface area contributed by atoms with Gasteiger partial charge in [-0.2, -0.15) is 10.2 Å². The fourth-order valence-corrected chi connectivity index (χ4v) is 6.32. The lowest BCUT2D eigenvalue weighted by molar-refractivity contribution is -0.146. The third-order valence-electron chi connectivity index (χ3n) is 7.93. The summed E-state index contributed by atoms with van der Waals surface area (Å²) in [6.07, 6.45) is 6.69. The molecule has 1 aliphatic rings. The van der Waals surface area contributed by atoms with Gasteiger partial charge in [0.2, 0.25) is 0 Å². The highest BCUT2D eigenvalue weighted by molar-refractivity contribution is 6.76. The van der Waals surface area contributed by atoms with Crippen molar-refractivity contribution in [2.45, 2.75) is 78.1 Å². The number of amides is 2. The first-order chi connectivity index (χ1) is 19.9. The highest BCUT2D eigenvalue weighted by Crippen LogP contribution is 2.35. The number of carbonyl (C=O) groups excluding carboxylic acids is 2. The number of nitrogens with zero attached hydrogens (tertiary/aromatic N) is 6. The van der Waals surface area contributed by atoms with Crippen LogP contribution in [0.4, 0.5) is 11.5 Å². The molecular weight excluding hydrogens is 548 g/mol. The Morgan fingerprint density at radius 2 is 1.93 bits per heavy atom. The molecule has 0 saturated carbocycles. The molecule has 0 radical (unpaired) electrons.